The highest BCUT2D eigenvalue weighted by atomic mass is 16.5. The zero-order chi connectivity index (χ0) is 24.3. The number of aliphatic hydroxyl groups excluding tert-OH is 1. The number of phenols is 1. The third-order valence-corrected chi connectivity index (χ3v) is 5.73. The lowest BCUT2D eigenvalue weighted by atomic mass is 9.93. The summed E-state index contributed by atoms with van der Waals surface area (Å²) in [5.41, 5.74) is 1.90. The van der Waals surface area contributed by atoms with Crippen molar-refractivity contribution in [3.05, 3.63) is 58.7 Å². The second-order valence-corrected chi connectivity index (χ2v) is 8.26. The molecular formula is C26H31NO6. The summed E-state index contributed by atoms with van der Waals surface area (Å²) in [4.78, 5) is 27.5. The summed E-state index contributed by atoms with van der Waals surface area (Å²) in [7, 11) is 1.58. The number of carbonyl (C=O) groups is 2. The van der Waals surface area contributed by atoms with Gasteiger partial charge in [-0.2, -0.15) is 0 Å². The van der Waals surface area contributed by atoms with Crippen LogP contribution in [0.5, 0.6) is 17.2 Å². The first kappa shape index (κ1) is 24.2. The first-order valence-corrected chi connectivity index (χ1v) is 11.2. The number of nitrogens with zero attached hydrogens (tertiary/aromatic N) is 1. The van der Waals surface area contributed by atoms with Gasteiger partial charge in [0.25, 0.3) is 11.7 Å². The normalized spacial score (nSPS) is 17.6. The third kappa shape index (κ3) is 4.53. The van der Waals surface area contributed by atoms with Gasteiger partial charge in [0.1, 0.15) is 11.5 Å². The van der Waals surface area contributed by atoms with Crippen molar-refractivity contribution in [2.24, 2.45) is 0 Å². The van der Waals surface area contributed by atoms with Crippen LogP contribution in [0.15, 0.2) is 42.0 Å². The summed E-state index contributed by atoms with van der Waals surface area (Å²) in [6.07, 6.45) is 0.639. The van der Waals surface area contributed by atoms with E-state index in [0.29, 0.717) is 36.4 Å². The van der Waals surface area contributed by atoms with Gasteiger partial charge in [0, 0.05) is 12.1 Å². The zero-order valence-electron chi connectivity index (χ0n) is 19.7. The summed E-state index contributed by atoms with van der Waals surface area (Å²) in [5.74, 6) is -0.617. The number of aromatic hydroxyl groups is 1. The molecule has 7 nitrogen and oxygen atoms in total. The first-order valence-electron chi connectivity index (χ1n) is 11.2. The average Bonchev–Trinajstić information content (AvgIpc) is 3.05. The van der Waals surface area contributed by atoms with Crippen molar-refractivity contribution in [2.75, 3.05) is 20.3 Å². The quantitative estimate of drug-likeness (QED) is 0.340. The molecular weight excluding hydrogens is 422 g/mol. The molecule has 33 heavy (non-hydrogen) atoms. The van der Waals surface area contributed by atoms with E-state index in [1.807, 2.05) is 20.8 Å². The molecule has 2 aromatic rings. The Morgan fingerprint density at radius 2 is 1.82 bits per heavy atom. The zero-order valence-corrected chi connectivity index (χ0v) is 19.7. The molecule has 1 unspecified atom stereocenters. The van der Waals surface area contributed by atoms with Gasteiger partial charge >= 0.3 is 0 Å². The Morgan fingerprint density at radius 1 is 1.09 bits per heavy atom. The molecule has 1 atom stereocenters. The Kier molecular flexibility index (Phi) is 7.31. The average molecular weight is 454 g/mol. The standard InChI is InChI=1S/C26H31NO6/c1-6-12-27-23(16-8-10-19(28)21(14-16)33-7-2)22(25(30)26(27)31)24(29)17-9-11-20(32-5)18(13-17)15(3)4/h8-11,13-15,23,28-29H,6-7,12H2,1-5H3/b24-22+. The van der Waals surface area contributed by atoms with Crippen LogP contribution in [0.3, 0.4) is 0 Å². The molecule has 2 N–H and O–H groups in total. The number of rotatable bonds is 8. The van der Waals surface area contributed by atoms with Crippen LogP contribution in [0.4, 0.5) is 0 Å². The van der Waals surface area contributed by atoms with Gasteiger partial charge in [-0.15, -0.1) is 0 Å². The van der Waals surface area contributed by atoms with E-state index in [4.69, 9.17) is 9.47 Å². The molecule has 1 saturated heterocycles. The molecule has 1 aliphatic rings. The molecule has 1 heterocycles. The Labute approximate surface area is 194 Å². The fraction of sp³-hybridized carbons (Fsp3) is 0.385. The number of Topliss-reactive ketones (excluding diaryl/α,β-unsaturated/α-hetero) is 1. The van der Waals surface area contributed by atoms with Crippen LogP contribution in [0.25, 0.3) is 5.76 Å². The van der Waals surface area contributed by atoms with E-state index in [1.54, 1.807) is 44.4 Å². The molecule has 1 fully saturated rings. The lowest BCUT2D eigenvalue weighted by Gasteiger charge is -2.25. The number of aliphatic hydroxyl groups is 1. The SMILES string of the molecule is CCCN1C(=O)C(=O)/C(=C(/O)c2ccc(OC)c(C(C)C)c2)C1c1ccc(O)c(OCC)c1. The summed E-state index contributed by atoms with van der Waals surface area (Å²) in [5, 5.41) is 21.4. The first-order chi connectivity index (χ1) is 15.7. The topological polar surface area (TPSA) is 96.3 Å². The van der Waals surface area contributed by atoms with Crippen LogP contribution in [-0.4, -0.2) is 47.1 Å². The van der Waals surface area contributed by atoms with E-state index in [2.05, 4.69) is 0 Å². The number of carbonyl (C=O) groups excluding carboxylic acids is 2. The van der Waals surface area contributed by atoms with Crippen LogP contribution in [-0.2, 0) is 9.59 Å². The van der Waals surface area contributed by atoms with E-state index in [0.717, 1.165) is 5.56 Å². The molecule has 176 valence electrons. The Balaban J connectivity index is 2.22. The van der Waals surface area contributed by atoms with E-state index >= 15 is 0 Å². The maximum absolute atomic E-state index is 13.1. The van der Waals surface area contributed by atoms with E-state index < -0.39 is 17.7 Å². The number of benzene rings is 2. The number of ether oxygens (including phenoxy) is 2. The van der Waals surface area contributed by atoms with Gasteiger partial charge in [0.2, 0.25) is 0 Å². The van der Waals surface area contributed by atoms with Crippen LogP contribution in [0, 0.1) is 0 Å². The molecule has 1 amide bonds. The Hall–Kier alpha value is -3.48. The minimum absolute atomic E-state index is 0.0152. The van der Waals surface area contributed by atoms with Crippen molar-refractivity contribution < 1.29 is 29.3 Å². The largest absolute Gasteiger partial charge is 0.507 e. The predicted octanol–water partition coefficient (Wildman–Crippen LogP) is 4.75. The van der Waals surface area contributed by atoms with Gasteiger partial charge in [0.15, 0.2) is 11.5 Å². The Bertz CT molecular complexity index is 1090. The maximum atomic E-state index is 13.1. The van der Waals surface area contributed by atoms with Crippen LogP contribution >= 0.6 is 0 Å². The number of ketones is 1. The predicted molar refractivity (Wildman–Crippen MR) is 126 cm³/mol. The van der Waals surface area contributed by atoms with E-state index in [-0.39, 0.29) is 28.7 Å². The summed E-state index contributed by atoms with van der Waals surface area (Å²) in [6, 6.07) is 9.12. The minimum Gasteiger partial charge on any atom is -0.507 e. The van der Waals surface area contributed by atoms with Crippen molar-refractivity contribution in [2.45, 2.75) is 46.1 Å². The number of likely N-dealkylation sites (tertiary alicyclic amines) is 1. The molecule has 0 bridgehead atoms. The van der Waals surface area contributed by atoms with Gasteiger partial charge in [-0.05, 0) is 60.7 Å². The molecule has 3 rings (SSSR count). The van der Waals surface area contributed by atoms with Crippen LogP contribution in [0.1, 0.15) is 62.8 Å². The molecule has 0 spiro atoms. The monoisotopic (exact) mass is 453 g/mol. The van der Waals surface area contributed by atoms with Crippen molar-refractivity contribution in [1.29, 1.82) is 0 Å². The molecule has 0 aromatic heterocycles. The fourth-order valence-electron chi connectivity index (χ4n) is 4.16. The minimum atomic E-state index is -0.797. The molecule has 0 aliphatic carbocycles. The van der Waals surface area contributed by atoms with Gasteiger partial charge < -0.3 is 24.6 Å². The summed E-state index contributed by atoms with van der Waals surface area (Å²) >= 11 is 0. The highest BCUT2D eigenvalue weighted by molar-refractivity contribution is 6.46. The molecule has 0 radical (unpaired) electrons. The van der Waals surface area contributed by atoms with Gasteiger partial charge in [-0.25, -0.2) is 0 Å². The number of phenolic OH excluding ortho intramolecular Hbond substituents is 1. The van der Waals surface area contributed by atoms with Gasteiger partial charge in [0.05, 0.1) is 25.3 Å². The van der Waals surface area contributed by atoms with Crippen LogP contribution < -0.4 is 9.47 Å². The van der Waals surface area contributed by atoms with Crippen molar-refractivity contribution in [1.82, 2.24) is 4.90 Å². The number of methoxy groups -OCH3 is 1. The smallest absolute Gasteiger partial charge is 0.295 e. The van der Waals surface area contributed by atoms with Gasteiger partial charge in [-0.1, -0.05) is 26.8 Å². The second-order valence-electron chi connectivity index (χ2n) is 8.26. The molecule has 0 saturated carbocycles. The second kappa shape index (κ2) is 9.98. The molecule has 7 heteroatoms. The van der Waals surface area contributed by atoms with Crippen molar-refractivity contribution in [3.8, 4) is 17.2 Å². The number of amides is 1. The molecule has 2 aromatic carbocycles. The lowest BCUT2D eigenvalue weighted by Crippen LogP contribution is -2.30. The lowest BCUT2D eigenvalue weighted by molar-refractivity contribution is -0.139. The van der Waals surface area contributed by atoms with Crippen LogP contribution in [0.2, 0.25) is 0 Å². The maximum Gasteiger partial charge on any atom is 0.295 e. The van der Waals surface area contributed by atoms with Crippen molar-refractivity contribution >= 4 is 17.4 Å². The van der Waals surface area contributed by atoms with E-state index in [1.165, 1.54) is 11.0 Å². The number of hydrogen-bond acceptors (Lipinski definition) is 6. The highest BCUT2D eigenvalue weighted by Crippen LogP contribution is 2.42. The molecule has 1 aliphatic heterocycles. The van der Waals surface area contributed by atoms with Gasteiger partial charge in [-0.3, -0.25) is 9.59 Å². The fourth-order valence-corrected chi connectivity index (χ4v) is 4.16. The third-order valence-electron chi connectivity index (χ3n) is 5.73. The number of hydrogen-bond donors (Lipinski definition) is 2. The summed E-state index contributed by atoms with van der Waals surface area (Å²) < 4.78 is 10.9. The highest BCUT2D eigenvalue weighted by Gasteiger charge is 2.46. The van der Waals surface area contributed by atoms with Crippen molar-refractivity contribution in [3.63, 3.8) is 0 Å². The van der Waals surface area contributed by atoms with E-state index in [9.17, 15) is 19.8 Å². The summed E-state index contributed by atoms with van der Waals surface area (Å²) in [6.45, 7) is 8.41. The Morgan fingerprint density at radius 3 is 2.42 bits per heavy atom.